The van der Waals surface area contributed by atoms with Gasteiger partial charge in [-0.15, -0.1) is 6.58 Å². The van der Waals surface area contributed by atoms with Crippen molar-refractivity contribution in [2.24, 2.45) is 5.92 Å². The molecule has 1 aliphatic heterocycles. The van der Waals surface area contributed by atoms with Crippen LogP contribution in [0.5, 0.6) is 0 Å². The highest BCUT2D eigenvalue weighted by Gasteiger charge is 2.59. The second-order valence-corrected chi connectivity index (χ2v) is 6.38. The van der Waals surface area contributed by atoms with Crippen molar-refractivity contribution in [2.45, 2.75) is 37.9 Å². The second-order valence-electron chi connectivity index (χ2n) is 6.38. The molecule has 0 bridgehead atoms. The van der Waals surface area contributed by atoms with Gasteiger partial charge in [-0.05, 0) is 49.8 Å². The Morgan fingerprint density at radius 2 is 2.29 bits per heavy atom. The molecule has 2 aliphatic rings. The largest absolute Gasteiger partial charge is 0.337 e. The summed E-state index contributed by atoms with van der Waals surface area (Å²) in [5.74, 6) is 0.0782. The molecule has 1 fully saturated rings. The number of amides is 1. The molecule has 0 radical (unpaired) electrons. The van der Waals surface area contributed by atoms with Gasteiger partial charge in [-0.1, -0.05) is 18.2 Å². The molecule has 1 aliphatic carbocycles. The summed E-state index contributed by atoms with van der Waals surface area (Å²) in [5, 5.41) is 15.8. The fourth-order valence-electron chi connectivity index (χ4n) is 3.80. The van der Waals surface area contributed by atoms with Gasteiger partial charge in [-0.2, -0.15) is 5.26 Å². The number of hydrogen-bond donors (Lipinski definition) is 2. The lowest BCUT2D eigenvalue weighted by molar-refractivity contribution is -0.126. The van der Waals surface area contributed by atoms with E-state index in [1.807, 2.05) is 38.1 Å². The van der Waals surface area contributed by atoms with Crippen LogP contribution in [0.3, 0.4) is 0 Å². The van der Waals surface area contributed by atoms with Crippen LogP contribution in [-0.4, -0.2) is 11.6 Å². The summed E-state index contributed by atoms with van der Waals surface area (Å²) in [4.78, 5) is 12.8. The maximum Gasteiger partial charge on any atom is 0.246 e. The van der Waals surface area contributed by atoms with E-state index in [9.17, 15) is 10.1 Å². The molecule has 21 heavy (non-hydrogen) atoms. The highest BCUT2D eigenvalue weighted by Crippen LogP contribution is 2.47. The van der Waals surface area contributed by atoms with Crippen LogP contribution >= 0.6 is 0 Å². The topological polar surface area (TPSA) is 64.9 Å². The molecule has 1 aromatic rings. The van der Waals surface area contributed by atoms with E-state index in [-0.39, 0.29) is 11.8 Å². The number of carbonyl (C=O) groups excluding carboxylic acids is 1. The summed E-state index contributed by atoms with van der Waals surface area (Å²) < 4.78 is 0. The van der Waals surface area contributed by atoms with Crippen LogP contribution in [0.2, 0.25) is 0 Å². The van der Waals surface area contributed by atoms with Crippen LogP contribution in [0.15, 0.2) is 30.9 Å². The first-order valence-electron chi connectivity index (χ1n) is 7.20. The van der Waals surface area contributed by atoms with Crippen molar-refractivity contribution < 1.29 is 4.79 Å². The fourth-order valence-corrected chi connectivity index (χ4v) is 3.80. The lowest BCUT2D eigenvalue weighted by atomic mass is 9.81. The zero-order chi connectivity index (χ0) is 15.3. The summed E-state index contributed by atoms with van der Waals surface area (Å²) in [6, 6.07) is 7.89. The molecule has 2 atom stereocenters. The number of nitrogens with zero attached hydrogens (tertiary/aromatic N) is 1. The third-order valence-electron chi connectivity index (χ3n) is 4.53. The number of rotatable bonds is 2. The molecular weight excluding hydrogens is 262 g/mol. The molecule has 3 rings (SSSR count). The van der Waals surface area contributed by atoms with Gasteiger partial charge in [0.05, 0.1) is 17.3 Å². The smallest absolute Gasteiger partial charge is 0.246 e. The van der Waals surface area contributed by atoms with Crippen LogP contribution in [-0.2, 0) is 16.8 Å². The number of fused-ring (bicyclic) bond motifs is 2. The third-order valence-corrected chi connectivity index (χ3v) is 4.53. The number of benzene rings is 1. The summed E-state index contributed by atoms with van der Waals surface area (Å²) in [7, 11) is 0. The molecule has 1 amide bonds. The lowest BCUT2D eigenvalue weighted by Gasteiger charge is -2.31. The zero-order valence-electron chi connectivity index (χ0n) is 12.4. The minimum Gasteiger partial charge on any atom is -0.337 e. The number of hydrogen-bond acceptors (Lipinski definition) is 3. The Balaban J connectivity index is 2.21. The Morgan fingerprint density at radius 3 is 2.86 bits per heavy atom. The highest BCUT2D eigenvalue weighted by molar-refractivity contribution is 5.92. The maximum absolute atomic E-state index is 12.8. The SMILES string of the molecule is C=CCC1Cc2c(C#N)cccc2C12NC(C)(C)NC2=O. The Kier molecular flexibility index (Phi) is 2.93. The average Bonchev–Trinajstić information content (AvgIpc) is 2.86. The van der Waals surface area contributed by atoms with E-state index in [1.54, 1.807) is 0 Å². The van der Waals surface area contributed by atoms with Crippen LogP contribution in [0.25, 0.3) is 0 Å². The molecule has 4 heteroatoms. The van der Waals surface area contributed by atoms with E-state index in [2.05, 4.69) is 23.3 Å². The number of allylic oxidation sites excluding steroid dienone is 1. The number of nitriles is 1. The van der Waals surface area contributed by atoms with Crippen molar-refractivity contribution in [3.05, 3.63) is 47.5 Å². The molecule has 1 saturated heterocycles. The summed E-state index contributed by atoms with van der Waals surface area (Å²) in [5.41, 5.74) is 1.39. The van der Waals surface area contributed by atoms with E-state index >= 15 is 0 Å². The lowest BCUT2D eigenvalue weighted by Crippen LogP contribution is -2.51. The normalized spacial score (nSPS) is 29.0. The number of nitrogens with one attached hydrogen (secondary N) is 2. The van der Waals surface area contributed by atoms with Crippen molar-refractivity contribution in [3.63, 3.8) is 0 Å². The Hall–Kier alpha value is -2.12. The second kappa shape index (κ2) is 4.44. The summed E-state index contributed by atoms with van der Waals surface area (Å²) in [6.07, 6.45) is 3.31. The van der Waals surface area contributed by atoms with E-state index in [1.165, 1.54) is 0 Å². The van der Waals surface area contributed by atoms with Crippen LogP contribution in [0, 0.1) is 17.2 Å². The third kappa shape index (κ3) is 1.81. The zero-order valence-corrected chi connectivity index (χ0v) is 12.4. The average molecular weight is 281 g/mol. The van der Waals surface area contributed by atoms with Gasteiger partial charge in [0.1, 0.15) is 5.54 Å². The van der Waals surface area contributed by atoms with E-state index in [0.29, 0.717) is 5.56 Å². The molecule has 108 valence electrons. The van der Waals surface area contributed by atoms with Gasteiger partial charge in [-0.25, -0.2) is 0 Å². The van der Waals surface area contributed by atoms with Crippen LogP contribution in [0.4, 0.5) is 0 Å². The Bertz CT molecular complexity index is 671. The summed E-state index contributed by atoms with van der Waals surface area (Å²) >= 11 is 0. The van der Waals surface area contributed by atoms with Crippen molar-refractivity contribution >= 4 is 5.91 Å². The van der Waals surface area contributed by atoms with E-state index in [0.717, 1.165) is 24.0 Å². The van der Waals surface area contributed by atoms with Crippen LogP contribution in [0.1, 0.15) is 37.0 Å². The van der Waals surface area contributed by atoms with Crippen LogP contribution < -0.4 is 10.6 Å². The molecule has 1 spiro atoms. The standard InChI is InChI=1S/C17H19N3O/c1-4-6-12-9-13-11(10-18)7-5-8-14(13)17(12)15(21)19-16(2,3)20-17/h4-5,7-8,12,20H,1,6,9H2,2-3H3,(H,19,21). The maximum atomic E-state index is 12.8. The molecule has 1 aromatic carbocycles. The molecule has 0 saturated carbocycles. The first-order chi connectivity index (χ1) is 9.94. The van der Waals surface area contributed by atoms with Gasteiger partial charge < -0.3 is 5.32 Å². The highest BCUT2D eigenvalue weighted by atomic mass is 16.2. The molecule has 2 unspecified atom stereocenters. The van der Waals surface area contributed by atoms with Gasteiger partial charge >= 0.3 is 0 Å². The Labute approximate surface area is 124 Å². The first kappa shape index (κ1) is 13.8. The monoisotopic (exact) mass is 281 g/mol. The van der Waals surface area contributed by atoms with E-state index in [4.69, 9.17) is 0 Å². The first-order valence-corrected chi connectivity index (χ1v) is 7.20. The minimum atomic E-state index is -0.750. The summed E-state index contributed by atoms with van der Waals surface area (Å²) in [6.45, 7) is 7.73. The van der Waals surface area contributed by atoms with Crippen molar-refractivity contribution in [1.82, 2.24) is 10.6 Å². The van der Waals surface area contributed by atoms with Gasteiger partial charge in [0.15, 0.2) is 0 Å². The van der Waals surface area contributed by atoms with Gasteiger partial charge in [0, 0.05) is 0 Å². The predicted molar refractivity (Wildman–Crippen MR) is 80.2 cm³/mol. The van der Waals surface area contributed by atoms with Crippen molar-refractivity contribution in [2.75, 3.05) is 0 Å². The van der Waals surface area contributed by atoms with Gasteiger partial charge in [-0.3, -0.25) is 10.1 Å². The fraction of sp³-hybridized carbons (Fsp3) is 0.412. The quantitative estimate of drug-likeness (QED) is 0.814. The molecule has 4 nitrogen and oxygen atoms in total. The molecule has 0 aromatic heterocycles. The van der Waals surface area contributed by atoms with Crippen molar-refractivity contribution in [1.29, 1.82) is 5.26 Å². The molecular formula is C17H19N3O. The van der Waals surface area contributed by atoms with Crippen molar-refractivity contribution in [3.8, 4) is 6.07 Å². The Morgan fingerprint density at radius 1 is 1.52 bits per heavy atom. The number of carbonyl (C=O) groups is 1. The molecule has 1 heterocycles. The predicted octanol–water partition coefficient (Wildman–Crippen LogP) is 1.96. The van der Waals surface area contributed by atoms with E-state index < -0.39 is 11.2 Å². The van der Waals surface area contributed by atoms with Gasteiger partial charge in [0.2, 0.25) is 5.91 Å². The van der Waals surface area contributed by atoms with Gasteiger partial charge in [0.25, 0.3) is 0 Å². The molecule has 2 N–H and O–H groups in total. The minimum absolute atomic E-state index is 0.00631.